The Kier molecular flexibility index (Phi) is 4.78. The largest absolute Gasteiger partial charge is 0.486 e. The van der Waals surface area contributed by atoms with Gasteiger partial charge in [0.2, 0.25) is 0 Å². The Morgan fingerprint density at radius 2 is 1.84 bits per heavy atom. The lowest BCUT2D eigenvalue weighted by Crippen LogP contribution is -2.29. The molecule has 1 aliphatic rings. The van der Waals surface area contributed by atoms with Crippen molar-refractivity contribution in [3.05, 3.63) is 47.5 Å². The van der Waals surface area contributed by atoms with Crippen LogP contribution in [-0.4, -0.2) is 40.2 Å². The van der Waals surface area contributed by atoms with Crippen molar-refractivity contribution >= 4 is 11.9 Å². The molecule has 1 aromatic carbocycles. The number of carboxylic acid groups (broad SMARTS) is 1. The summed E-state index contributed by atoms with van der Waals surface area (Å²) in [4.78, 5) is 30.7. The van der Waals surface area contributed by atoms with Crippen LogP contribution >= 0.6 is 0 Å². The number of ether oxygens (including phenoxy) is 2. The van der Waals surface area contributed by atoms with Crippen LogP contribution in [0.4, 0.5) is 0 Å². The molecule has 0 fully saturated rings. The zero-order chi connectivity index (χ0) is 17.8. The van der Waals surface area contributed by atoms with Crippen LogP contribution in [0.5, 0.6) is 11.5 Å². The van der Waals surface area contributed by atoms with E-state index in [4.69, 9.17) is 14.6 Å². The Balaban J connectivity index is 1.75. The van der Waals surface area contributed by atoms with Crippen molar-refractivity contribution in [2.75, 3.05) is 13.2 Å². The summed E-state index contributed by atoms with van der Waals surface area (Å²) in [7, 11) is 0. The third kappa shape index (κ3) is 3.68. The Bertz CT molecular complexity index is 791. The quantitative estimate of drug-likeness (QED) is 0.852. The number of rotatable bonds is 5. The van der Waals surface area contributed by atoms with Gasteiger partial charge in [0.15, 0.2) is 17.2 Å². The highest BCUT2D eigenvalue weighted by Gasteiger charge is 2.19. The third-order valence-electron chi connectivity index (χ3n) is 3.79. The zero-order valence-corrected chi connectivity index (χ0v) is 13.6. The molecule has 8 heteroatoms. The second-order valence-electron chi connectivity index (χ2n) is 5.43. The first-order valence-electron chi connectivity index (χ1n) is 7.84. The third-order valence-corrected chi connectivity index (χ3v) is 3.79. The lowest BCUT2D eigenvalue weighted by atomic mass is 10.0. The average Bonchev–Trinajstić information content (AvgIpc) is 2.65. The predicted molar refractivity (Wildman–Crippen MR) is 86.9 cm³/mol. The lowest BCUT2D eigenvalue weighted by Gasteiger charge is -2.22. The Morgan fingerprint density at radius 1 is 1.16 bits per heavy atom. The molecule has 3 rings (SSSR count). The van der Waals surface area contributed by atoms with Crippen molar-refractivity contribution in [1.82, 2.24) is 15.3 Å². The van der Waals surface area contributed by atoms with Crippen LogP contribution in [0.15, 0.2) is 30.6 Å². The van der Waals surface area contributed by atoms with Gasteiger partial charge >= 0.3 is 5.97 Å². The first-order valence-corrected chi connectivity index (χ1v) is 7.84. The van der Waals surface area contributed by atoms with Gasteiger partial charge < -0.3 is 19.9 Å². The standard InChI is InChI=1S/C17H17N3O5/c1-2-11(10-3-4-14-15(7-10)25-6-5-24-14)20-16(21)12-8-19-13(9-18-12)17(22)23/h3-4,7-9,11H,2,5-6H2,1H3,(H,20,21)(H,22,23). The molecule has 1 aromatic heterocycles. The van der Waals surface area contributed by atoms with E-state index in [1.54, 1.807) is 0 Å². The molecule has 25 heavy (non-hydrogen) atoms. The molecule has 0 radical (unpaired) electrons. The molecule has 2 N–H and O–H groups in total. The number of aromatic nitrogens is 2. The van der Waals surface area contributed by atoms with E-state index >= 15 is 0 Å². The highest BCUT2D eigenvalue weighted by atomic mass is 16.6. The molecule has 0 bridgehead atoms. The van der Waals surface area contributed by atoms with Crippen LogP contribution in [-0.2, 0) is 0 Å². The molecule has 0 spiro atoms. The van der Waals surface area contributed by atoms with Gasteiger partial charge in [-0.3, -0.25) is 4.79 Å². The van der Waals surface area contributed by atoms with E-state index < -0.39 is 11.9 Å². The van der Waals surface area contributed by atoms with Gasteiger partial charge in [-0.25, -0.2) is 14.8 Å². The predicted octanol–water partition coefficient (Wildman–Crippen LogP) is 1.83. The van der Waals surface area contributed by atoms with Crippen molar-refractivity contribution in [2.24, 2.45) is 0 Å². The smallest absolute Gasteiger partial charge is 0.356 e. The molecule has 8 nitrogen and oxygen atoms in total. The van der Waals surface area contributed by atoms with Crippen LogP contribution in [0.3, 0.4) is 0 Å². The minimum atomic E-state index is -1.19. The van der Waals surface area contributed by atoms with E-state index in [0.717, 1.165) is 18.0 Å². The Labute approximate surface area is 143 Å². The van der Waals surface area contributed by atoms with Gasteiger partial charge in [0.1, 0.15) is 18.9 Å². The zero-order valence-electron chi connectivity index (χ0n) is 13.6. The first-order chi connectivity index (χ1) is 12.1. The monoisotopic (exact) mass is 343 g/mol. The lowest BCUT2D eigenvalue weighted by molar-refractivity contribution is 0.0689. The van der Waals surface area contributed by atoms with Crippen molar-refractivity contribution in [2.45, 2.75) is 19.4 Å². The summed E-state index contributed by atoms with van der Waals surface area (Å²) in [5.74, 6) is -0.276. The second kappa shape index (κ2) is 7.16. The normalized spacial score (nSPS) is 13.8. The number of fused-ring (bicyclic) bond motifs is 1. The number of hydrogen-bond acceptors (Lipinski definition) is 6. The number of aromatic carboxylic acids is 1. The summed E-state index contributed by atoms with van der Waals surface area (Å²) in [6.45, 7) is 2.96. The molecule has 1 atom stereocenters. The van der Waals surface area contributed by atoms with Crippen molar-refractivity contribution in [3.8, 4) is 11.5 Å². The van der Waals surface area contributed by atoms with E-state index in [0.29, 0.717) is 31.1 Å². The number of hydrogen-bond donors (Lipinski definition) is 2. The molecule has 0 saturated carbocycles. The summed E-state index contributed by atoms with van der Waals surface area (Å²) < 4.78 is 11.1. The molecule has 0 aliphatic carbocycles. The summed E-state index contributed by atoms with van der Waals surface area (Å²) in [5.41, 5.74) is 0.728. The molecule has 0 saturated heterocycles. The number of amides is 1. The first kappa shape index (κ1) is 16.7. The van der Waals surface area contributed by atoms with Crippen LogP contribution in [0, 0.1) is 0 Å². The highest BCUT2D eigenvalue weighted by Crippen LogP contribution is 2.33. The maximum atomic E-state index is 12.3. The molecule has 130 valence electrons. The Morgan fingerprint density at radius 3 is 2.48 bits per heavy atom. The van der Waals surface area contributed by atoms with Crippen molar-refractivity contribution < 1.29 is 24.2 Å². The fourth-order valence-corrected chi connectivity index (χ4v) is 2.49. The van der Waals surface area contributed by atoms with E-state index in [1.165, 1.54) is 0 Å². The maximum Gasteiger partial charge on any atom is 0.356 e. The van der Waals surface area contributed by atoms with Gasteiger partial charge in [0, 0.05) is 0 Å². The number of nitrogens with one attached hydrogen (secondary N) is 1. The molecule has 1 amide bonds. The number of carbonyl (C=O) groups is 2. The average molecular weight is 343 g/mol. The van der Waals surface area contributed by atoms with Gasteiger partial charge in [-0.2, -0.15) is 0 Å². The van der Waals surface area contributed by atoms with Crippen LogP contribution in [0.1, 0.15) is 45.9 Å². The molecule has 1 unspecified atom stereocenters. The van der Waals surface area contributed by atoms with Gasteiger partial charge in [-0.1, -0.05) is 13.0 Å². The highest BCUT2D eigenvalue weighted by molar-refractivity contribution is 5.93. The van der Waals surface area contributed by atoms with Crippen molar-refractivity contribution in [1.29, 1.82) is 0 Å². The molecule has 2 heterocycles. The fourth-order valence-electron chi connectivity index (χ4n) is 2.49. The molecular weight excluding hydrogens is 326 g/mol. The molecular formula is C17H17N3O5. The topological polar surface area (TPSA) is 111 Å². The molecule has 2 aromatic rings. The fraction of sp³-hybridized carbons (Fsp3) is 0.294. The van der Waals surface area contributed by atoms with Gasteiger partial charge in [0.05, 0.1) is 18.4 Å². The van der Waals surface area contributed by atoms with E-state index in [-0.39, 0.29) is 17.4 Å². The summed E-state index contributed by atoms with van der Waals surface area (Å²) >= 11 is 0. The number of benzene rings is 1. The summed E-state index contributed by atoms with van der Waals surface area (Å²) in [6, 6.07) is 5.30. The van der Waals surface area contributed by atoms with Crippen LogP contribution in [0.25, 0.3) is 0 Å². The SMILES string of the molecule is CCC(NC(=O)c1cnc(C(=O)O)cn1)c1ccc2c(c1)OCCO2. The van der Waals surface area contributed by atoms with E-state index in [1.807, 2.05) is 25.1 Å². The van der Waals surface area contributed by atoms with Gasteiger partial charge in [-0.15, -0.1) is 0 Å². The summed E-state index contributed by atoms with van der Waals surface area (Å²) in [5, 5.41) is 11.7. The minimum Gasteiger partial charge on any atom is -0.486 e. The van der Waals surface area contributed by atoms with Crippen molar-refractivity contribution in [3.63, 3.8) is 0 Å². The van der Waals surface area contributed by atoms with Crippen LogP contribution in [0.2, 0.25) is 0 Å². The molecule has 1 aliphatic heterocycles. The maximum absolute atomic E-state index is 12.3. The Hall–Kier alpha value is -3.16. The summed E-state index contributed by atoms with van der Waals surface area (Å²) in [6.07, 6.45) is 2.86. The number of nitrogens with zero attached hydrogens (tertiary/aromatic N) is 2. The number of carboxylic acids is 1. The van der Waals surface area contributed by atoms with Gasteiger partial charge in [-0.05, 0) is 24.1 Å². The number of carbonyl (C=O) groups excluding carboxylic acids is 1. The van der Waals surface area contributed by atoms with Crippen LogP contribution < -0.4 is 14.8 Å². The van der Waals surface area contributed by atoms with E-state index in [2.05, 4.69) is 15.3 Å². The van der Waals surface area contributed by atoms with Gasteiger partial charge in [0.25, 0.3) is 5.91 Å². The minimum absolute atomic E-state index is 0.0565. The second-order valence-corrected chi connectivity index (χ2v) is 5.43. The van der Waals surface area contributed by atoms with E-state index in [9.17, 15) is 9.59 Å².